The number of hydrogen-bond donors (Lipinski definition) is 2. The van der Waals surface area contributed by atoms with Crippen LogP contribution in [0.3, 0.4) is 0 Å². The van der Waals surface area contributed by atoms with Crippen LogP contribution in [0, 0.1) is 0 Å². The second-order valence-electron chi connectivity index (χ2n) is 4.50. The number of rotatable bonds is 6. The van der Waals surface area contributed by atoms with Crippen LogP contribution in [-0.4, -0.2) is 21.5 Å². The summed E-state index contributed by atoms with van der Waals surface area (Å²) in [4.78, 5) is 15.6. The summed E-state index contributed by atoms with van der Waals surface area (Å²) in [5.74, 6) is 0.0599. The molecule has 17 heavy (non-hydrogen) atoms. The largest absolute Gasteiger partial charge is 0.354 e. The molecule has 1 amide bonds. The van der Waals surface area contributed by atoms with Gasteiger partial charge in [0.2, 0.25) is 5.91 Å². The predicted molar refractivity (Wildman–Crippen MR) is 67.3 cm³/mol. The van der Waals surface area contributed by atoms with Gasteiger partial charge in [-0.25, -0.2) is 4.98 Å². The molecule has 0 unspecified atom stereocenters. The Morgan fingerprint density at radius 2 is 2.29 bits per heavy atom. The maximum Gasteiger partial charge on any atom is 0.221 e. The normalized spacial score (nSPS) is 12.8. The summed E-state index contributed by atoms with van der Waals surface area (Å²) in [7, 11) is 0. The third kappa shape index (κ3) is 4.19. The third-order valence-electron chi connectivity index (χ3n) is 2.59. The zero-order valence-corrected chi connectivity index (χ0v) is 10.8. The third-order valence-corrected chi connectivity index (χ3v) is 2.59. The zero-order valence-electron chi connectivity index (χ0n) is 10.8. The van der Waals surface area contributed by atoms with Crippen LogP contribution in [0.15, 0.2) is 12.5 Å². The van der Waals surface area contributed by atoms with E-state index in [1.165, 1.54) is 0 Å². The smallest absolute Gasteiger partial charge is 0.221 e. The number of hydrogen-bond acceptors (Lipinski definition) is 3. The highest BCUT2D eigenvalue weighted by Crippen LogP contribution is 2.13. The minimum absolute atomic E-state index is 0.00865. The lowest BCUT2D eigenvalue weighted by molar-refractivity contribution is -0.121. The Labute approximate surface area is 102 Å². The predicted octanol–water partition coefficient (Wildman–Crippen LogP) is 1.21. The molecule has 1 heterocycles. The van der Waals surface area contributed by atoms with E-state index in [9.17, 15) is 4.79 Å². The molecule has 0 fully saturated rings. The lowest BCUT2D eigenvalue weighted by atomic mass is 10.2. The molecule has 0 aliphatic rings. The van der Waals surface area contributed by atoms with Crippen molar-refractivity contribution in [3.63, 3.8) is 0 Å². The second kappa shape index (κ2) is 6.39. The summed E-state index contributed by atoms with van der Waals surface area (Å²) in [5, 5.41) is 2.86. The molecule has 5 heteroatoms. The summed E-state index contributed by atoms with van der Waals surface area (Å²) < 4.78 is 1.95. The number of imidazole rings is 1. The maximum atomic E-state index is 11.5. The monoisotopic (exact) mass is 238 g/mol. The first kappa shape index (κ1) is 13.7. The van der Waals surface area contributed by atoms with Gasteiger partial charge in [0.25, 0.3) is 0 Å². The number of amides is 1. The Morgan fingerprint density at radius 1 is 1.59 bits per heavy atom. The Hall–Kier alpha value is -1.36. The highest BCUT2D eigenvalue weighted by molar-refractivity contribution is 5.76. The molecular weight excluding hydrogens is 216 g/mol. The van der Waals surface area contributed by atoms with Crippen LogP contribution in [0.2, 0.25) is 0 Å². The van der Waals surface area contributed by atoms with Crippen molar-refractivity contribution < 1.29 is 4.79 Å². The van der Waals surface area contributed by atoms with E-state index >= 15 is 0 Å². The maximum absolute atomic E-state index is 11.5. The van der Waals surface area contributed by atoms with E-state index in [1.807, 2.05) is 25.3 Å². The summed E-state index contributed by atoms with van der Waals surface area (Å²) in [6.45, 7) is 6.57. The van der Waals surface area contributed by atoms with Crippen molar-refractivity contribution in [3.05, 3.63) is 18.2 Å². The van der Waals surface area contributed by atoms with Crippen molar-refractivity contribution in [2.75, 3.05) is 0 Å². The SMILES string of the molecule is CC[C@@H](N)c1cncn1CCC(=O)NC(C)C. The number of nitrogens with two attached hydrogens (primary N) is 1. The molecule has 1 rings (SSSR count). The number of nitrogens with zero attached hydrogens (tertiary/aromatic N) is 2. The van der Waals surface area contributed by atoms with E-state index in [1.54, 1.807) is 12.5 Å². The minimum atomic E-state index is -0.00865. The van der Waals surface area contributed by atoms with Gasteiger partial charge in [-0.2, -0.15) is 0 Å². The Kier molecular flexibility index (Phi) is 5.15. The first-order valence-electron chi connectivity index (χ1n) is 6.09. The Balaban J connectivity index is 2.52. The highest BCUT2D eigenvalue weighted by Gasteiger charge is 2.10. The van der Waals surface area contributed by atoms with E-state index in [4.69, 9.17) is 5.73 Å². The minimum Gasteiger partial charge on any atom is -0.354 e. The molecule has 3 N–H and O–H groups in total. The van der Waals surface area contributed by atoms with Gasteiger partial charge in [-0.3, -0.25) is 4.79 Å². The van der Waals surface area contributed by atoms with Gasteiger partial charge >= 0.3 is 0 Å². The van der Waals surface area contributed by atoms with Crippen molar-refractivity contribution in [1.29, 1.82) is 0 Å². The van der Waals surface area contributed by atoms with Gasteiger partial charge in [0.1, 0.15) is 0 Å². The first-order valence-corrected chi connectivity index (χ1v) is 6.09. The topological polar surface area (TPSA) is 72.9 Å². The molecule has 0 radical (unpaired) electrons. The Morgan fingerprint density at radius 3 is 2.88 bits per heavy atom. The Bertz CT molecular complexity index is 359. The second-order valence-corrected chi connectivity index (χ2v) is 4.50. The molecule has 0 aliphatic carbocycles. The highest BCUT2D eigenvalue weighted by atomic mass is 16.1. The summed E-state index contributed by atoms with van der Waals surface area (Å²) in [6, 6.07) is 0.174. The molecule has 1 aromatic heterocycles. The van der Waals surface area contributed by atoms with E-state index in [0.29, 0.717) is 13.0 Å². The lowest BCUT2D eigenvalue weighted by Gasteiger charge is -2.13. The average molecular weight is 238 g/mol. The van der Waals surface area contributed by atoms with Crippen LogP contribution >= 0.6 is 0 Å². The molecule has 5 nitrogen and oxygen atoms in total. The van der Waals surface area contributed by atoms with Crippen molar-refractivity contribution in [1.82, 2.24) is 14.9 Å². The van der Waals surface area contributed by atoms with Crippen LogP contribution < -0.4 is 11.1 Å². The molecule has 0 spiro atoms. The fourth-order valence-corrected chi connectivity index (χ4v) is 1.65. The molecule has 1 aromatic rings. The van der Waals surface area contributed by atoms with Crippen LogP contribution in [0.1, 0.15) is 45.3 Å². The molecule has 0 saturated carbocycles. The number of carbonyl (C=O) groups excluding carboxylic acids is 1. The van der Waals surface area contributed by atoms with Crippen molar-refractivity contribution in [2.24, 2.45) is 5.73 Å². The van der Waals surface area contributed by atoms with Crippen molar-refractivity contribution >= 4 is 5.91 Å². The molecule has 0 bridgehead atoms. The van der Waals surface area contributed by atoms with Crippen LogP contribution in [-0.2, 0) is 11.3 Å². The van der Waals surface area contributed by atoms with Crippen molar-refractivity contribution in [2.45, 2.75) is 52.2 Å². The molecule has 1 atom stereocenters. The van der Waals surface area contributed by atoms with Gasteiger partial charge in [-0.1, -0.05) is 6.92 Å². The van der Waals surface area contributed by atoms with E-state index in [-0.39, 0.29) is 18.0 Å². The molecule has 96 valence electrons. The van der Waals surface area contributed by atoms with Gasteiger partial charge in [0.15, 0.2) is 0 Å². The zero-order chi connectivity index (χ0) is 12.8. The number of aryl methyl sites for hydroxylation is 1. The van der Waals surface area contributed by atoms with E-state index in [2.05, 4.69) is 10.3 Å². The average Bonchev–Trinajstić information content (AvgIpc) is 2.72. The molecule has 0 aliphatic heterocycles. The molecular formula is C12H22N4O. The van der Waals surface area contributed by atoms with Gasteiger partial charge in [-0.05, 0) is 20.3 Å². The van der Waals surface area contributed by atoms with Crippen molar-refractivity contribution in [3.8, 4) is 0 Å². The summed E-state index contributed by atoms with van der Waals surface area (Å²) >= 11 is 0. The number of aromatic nitrogens is 2. The van der Waals surface area contributed by atoms with Gasteiger partial charge in [0, 0.05) is 31.2 Å². The number of nitrogens with one attached hydrogen (secondary N) is 1. The fraction of sp³-hybridized carbons (Fsp3) is 0.667. The molecule has 0 aromatic carbocycles. The summed E-state index contributed by atoms with van der Waals surface area (Å²) in [6.07, 6.45) is 4.82. The first-order chi connectivity index (χ1) is 8.04. The summed E-state index contributed by atoms with van der Waals surface area (Å²) in [5.41, 5.74) is 6.96. The van der Waals surface area contributed by atoms with E-state index in [0.717, 1.165) is 12.1 Å². The lowest BCUT2D eigenvalue weighted by Crippen LogP contribution is -2.30. The standard InChI is InChI=1S/C12H22N4O/c1-4-10(13)11-7-14-8-16(11)6-5-12(17)15-9(2)3/h7-10H,4-6,13H2,1-3H3,(H,15,17)/t10-/m1/s1. The van der Waals surface area contributed by atoms with Gasteiger partial charge < -0.3 is 15.6 Å². The number of carbonyl (C=O) groups is 1. The van der Waals surface area contributed by atoms with E-state index < -0.39 is 0 Å². The van der Waals surface area contributed by atoms with Gasteiger partial charge in [-0.15, -0.1) is 0 Å². The molecule has 0 saturated heterocycles. The van der Waals surface area contributed by atoms with Crippen LogP contribution in [0.5, 0.6) is 0 Å². The quantitative estimate of drug-likeness (QED) is 0.782. The fourth-order valence-electron chi connectivity index (χ4n) is 1.65. The van der Waals surface area contributed by atoms with Crippen LogP contribution in [0.4, 0.5) is 0 Å². The van der Waals surface area contributed by atoms with Crippen LogP contribution in [0.25, 0.3) is 0 Å². The van der Waals surface area contributed by atoms with Gasteiger partial charge in [0.05, 0.1) is 12.0 Å².